The van der Waals surface area contributed by atoms with Crippen molar-refractivity contribution in [3.63, 3.8) is 0 Å². The van der Waals surface area contributed by atoms with Gasteiger partial charge in [-0.1, -0.05) is 58.8 Å². The molecule has 0 aromatic heterocycles. The molecular weight excluding hydrogens is 132 g/mol. The van der Waals surface area contributed by atoms with Crippen molar-refractivity contribution in [3.8, 4) is 0 Å². The van der Waals surface area contributed by atoms with Crippen molar-refractivity contribution in [2.24, 2.45) is 11.8 Å². The highest BCUT2D eigenvalue weighted by molar-refractivity contribution is 4.76. The van der Waals surface area contributed by atoms with E-state index in [2.05, 4.69) is 13.8 Å². The summed E-state index contributed by atoms with van der Waals surface area (Å²) in [7, 11) is 0. The highest BCUT2D eigenvalue weighted by atomic mass is 14.3. The van der Waals surface area contributed by atoms with Crippen LogP contribution in [0.2, 0.25) is 0 Å². The molecule has 0 N–H and O–H groups in total. The molecule has 1 aliphatic carbocycles. The van der Waals surface area contributed by atoms with Gasteiger partial charge in [0.25, 0.3) is 0 Å². The Hall–Kier alpha value is 0. The second-order valence-corrected chi connectivity index (χ2v) is 4.03. The third-order valence-electron chi connectivity index (χ3n) is 3.14. The van der Waals surface area contributed by atoms with E-state index < -0.39 is 0 Å². The van der Waals surface area contributed by atoms with Crippen molar-refractivity contribution in [2.45, 2.75) is 58.8 Å². The molecule has 0 saturated heterocycles. The van der Waals surface area contributed by atoms with E-state index >= 15 is 0 Å². The van der Waals surface area contributed by atoms with Crippen LogP contribution in [0.15, 0.2) is 0 Å². The summed E-state index contributed by atoms with van der Waals surface area (Å²) in [6.07, 6.45) is 10.3. The Morgan fingerprint density at radius 2 is 1.36 bits per heavy atom. The van der Waals surface area contributed by atoms with Crippen molar-refractivity contribution >= 4 is 0 Å². The molecule has 0 nitrogen and oxygen atoms in total. The molecule has 2 atom stereocenters. The van der Waals surface area contributed by atoms with Gasteiger partial charge < -0.3 is 0 Å². The molecule has 1 saturated carbocycles. The number of hydrogen-bond acceptors (Lipinski definition) is 0. The molecule has 1 fully saturated rings. The van der Waals surface area contributed by atoms with E-state index in [0.29, 0.717) is 0 Å². The number of hydrogen-bond donors (Lipinski definition) is 0. The Bertz CT molecular complexity index is 84.2. The van der Waals surface area contributed by atoms with Gasteiger partial charge in [-0.25, -0.2) is 0 Å². The van der Waals surface area contributed by atoms with Crippen LogP contribution < -0.4 is 0 Å². The molecule has 0 heterocycles. The van der Waals surface area contributed by atoms with Gasteiger partial charge in [0.2, 0.25) is 0 Å². The second-order valence-electron chi connectivity index (χ2n) is 4.03. The van der Waals surface area contributed by atoms with Gasteiger partial charge >= 0.3 is 0 Å². The van der Waals surface area contributed by atoms with Crippen LogP contribution in [-0.2, 0) is 0 Å². The van der Waals surface area contributed by atoms with Crippen LogP contribution in [0.3, 0.4) is 0 Å². The minimum absolute atomic E-state index is 1.10. The van der Waals surface area contributed by atoms with Crippen LogP contribution in [0.5, 0.6) is 0 Å². The van der Waals surface area contributed by atoms with Crippen LogP contribution in [0, 0.1) is 11.8 Å². The normalized spacial score (nSPS) is 31.1. The van der Waals surface area contributed by atoms with Crippen molar-refractivity contribution in [1.29, 1.82) is 0 Å². The minimum atomic E-state index is 1.10. The van der Waals surface area contributed by atoms with Crippen LogP contribution >= 0.6 is 0 Å². The first-order valence-corrected chi connectivity index (χ1v) is 5.38. The molecule has 1 aliphatic rings. The molecule has 2 unspecified atom stereocenters. The van der Waals surface area contributed by atoms with E-state index in [1.54, 1.807) is 0 Å². The van der Waals surface area contributed by atoms with Crippen molar-refractivity contribution in [2.75, 3.05) is 0 Å². The van der Waals surface area contributed by atoms with Crippen LogP contribution in [-0.4, -0.2) is 0 Å². The fraction of sp³-hybridized carbons (Fsp3) is 1.00. The molecule has 0 amide bonds. The average molecular weight is 154 g/mol. The zero-order chi connectivity index (χ0) is 8.10. The Labute approximate surface area is 71.4 Å². The van der Waals surface area contributed by atoms with Gasteiger partial charge in [-0.05, 0) is 11.8 Å². The van der Waals surface area contributed by atoms with Crippen LogP contribution in [0.1, 0.15) is 58.8 Å². The first-order valence-electron chi connectivity index (χ1n) is 5.38. The van der Waals surface area contributed by atoms with Crippen molar-refractivity contribution in [3.05, 3.63) is 0 Å². The summed E-state index contributed by atoms with van der Waals surface area (Å²) in [5.74, 6) is 2.19. The van der Waals surface area contributed by atoms with Gasteiger partial charge in [0.1, 0.15) is 0 Å². The van der Waals surface area contributed by atoms with Gasteiger partial charge in [-0.15, -0.1) is 0 Å². The third kappa shape index (κ3) is 2.50. The Balaban J connectivity index is 2.25. The second kappa shape index (κ2) is 4.79. The van der Waals surface area contributed by atoms with Gasteiger partial charge in [0.15, 0.2) is 0 Å². The maximum atomic E-state index is 2.32. The SMILES string of the molecule is CCCC1CCCC1CCC. The summed E-state index contributed by atoms with van der Waals surface area (Å²) in [6.45, 7) is 4.64. The maximum Gasteiger partial charge on any atom is -0.0386 e. The molecule has 0 spiro atoms. The van der Waals surface area contributed by atoms with E-state index in [9.17, 15) is 0 Å². The monoisotopic (exact) mass is 154 g/mol. The minimum Gasteiger partial charge on any atom is -0.0654 e. The van der Waals surface area contributed by atoms with Gasteiger partial charge in [-0.2, -0.15) is 0 Å². The Morgan fingerprint density at radius 1 is 0.909 bits per heavy atom. The predicted octanol–water partition coefficient (Wildman–Crippen LogP) is 4.00. The van der Waals surface area contributed by atoms with E-state index in [-0.39, 0.29) is 0 Å². The molecule has 0 bridgehead atoms. The summed E-state index contributed by atoms with van der Waals surface area (Å²) >= 11 is 0. The van der Waals surface area contributed by atoms with Gasteiger partial charge in [0.05, 0.1) is 0 Å². The van der Waals surface area contributed by atoms with E-state index in [0.717, 1.165) is 11.8 Å². The third-order valence-corrected chi connectivity index (χ3v) is 3.14. The fourth-order valence-electron chi connectivity index (χ4n) is 2.62. The first-order chi connectivity index (χ1) is 5.38. The molecular formula is C11H22. The van der Waals surface area contributed by atoms with E-state index in [1.807, 2.05) is 0 Å². The van der Waals surface area contributed by atoms with Crippen LogP contribution in [0.25, 0.3) is 0 Å². The standard InChI is InChI=1S/C11H22/c1-3-6-10-8-5-9-11(10)7-4-2/h10-11H,3-9H2,1-2H3. The fourth-order valence-corrected chi connectivity index (χ4v) is 2.62. The lowest BCUT2D eigenvalue weighted by molar-refractivity contribution is 0.339. The molecule has 0 radical (unpaired) electrons. The lowest BCUT2D eigenvalue weighted by atomic mass is 9.89. The predicted molar refractivity (Wildman–Crippen MR) is 50.6 cm³/mol. The Morgan fingerprint density at radius 3 is 1.73 bits per heavy atom. The van der Waals surface area contributed by atoms with Gasteiger partial charge in [-0.3, -0.25) is 0 Å². The maximum absolute atomic E-state index is 2.32. The largest absolute Gasteiger partial charge is 0.0654 e. The summed E-state index contributed by atoms with van der Waals surface area (Å²) < 4.78 is 0. The summed E-state index contributed by atoms with van der Waals surface area (Å²) in [5, 5.41) is 0. The summed E-state index contributed by atoms with van der Waals surface area (Å²) in [5.41, 5.74) is 0. The topological polar surface area (TPSA) is 0 Å². The molecule has 66 valence electrons. The highest BCUT2D eigenvalue weighted by Gasteiger charge is 2.24. The van der Waals surface area contributed by atoms with Gasteiger partial charge in [0, 0.05) is 0 Å². The molecule has 0 aromatic rings. The lowest BCUT2D eigenvalue weighted by Gasteiger charge is -2.17. The quantitative estimate of drug-likeness (QED) is 0.574. The zero-order valence-electron chi connectivity index (χ0n) is 8.10. The van der Waals surface area contributed by atoms with Crippen LogP contribution in [0.4, 0.5) is 0 Å². The molecule has 0 aromatic carbocycles. The van der Waals surface area contributed by atoms with E-state index in [4.69, 9.17) is 0 Å². The molecule has 0 heteroatoms. The Kier molecular flexibility index (Phi) is 3.96. The molecule has 1 rings (SSSR count). The summed E-state index contributed by atoms with van der Waals surface area (Å²) in [4.78, 5) is 0. The van der Waals surface area contributed by atoms with Crippen molar-refractivity contribution < 1.29 is 0 Å². The molecule has 11 heavy (non-hydrogen) atoms. The van der Waals surface area contributed by atoms with E-state index in [1.165, 1.54) is 44.9 Å². The summed E-state index contributed by atoms with van der Waals surface area (Å²) in [6, 6.07) is 0. The average Bonchev–Trinajstić information content (AvgIpc) is 2.39. The lowest BCUT2D eigenvalue weighted by Crippen LogP contribution is -2.06. The smallest absolute Gasteiger partial charge is 0.0386 e. The molecule has 0 aliphatic heterocycles. The zero-order valence-corrected chi connectivity index (χ0v) is 8.10. The number of rotatable bonds is 4. The highest BCUT2D eigenvalue weighted by Crippen LogP contribution is 2.37. The van der Waals surface area contributed by atoms with Crippen molar-refractivity contribution in [1.82, 2.24) is 0 Å². The first kappa shape index (κ1) is 9.09.